The van der Waals surface area contributed by atoms with Gasteiger partial charge in [0.15, 0.2) is 8.32 Å². The molecule has 0 spiro atoms. The van der Waals surface area contributed by atoms with E-state index in [4.69, 9.17) is 4.43 Å². The van der Waals surface area contributed by atoms with E-state index < -0.39 is 37.5 Å². The van der Waals surface area contributed by atoms with Crippen LogP contribution < -0.4 is 0 Å². The molecule has 1 N–H and O–H groups in total. The second-order valence-corrected chi connectivity index (χ2v) is 12.4. The van der Waals surface area contributed by atoms with Crippen molar-refractivity contribution in [2.24, 2.45) is 5.41 Å². The summed E-state index contributed by atoms with van der Waals surface area (Å²) in [5.41, 5.74) is -2.05. The van der Waals surface area contributed by atoms with Crippen molar-refractivity contribution in [3.05, 3.63) is 0 Å². The van der Waals surface area contributed by atoms with Gasteiger partial charge in [-0.1, -0.05) is 41.5 Å². The summed E-state index contributed by atoms with van der Waals surface area (Å²) in [6, 6.07) is 1.84. The summed E-state index contributed by atoms with van der Waals surface area (Å²) >= 11 is 0. The molecule has 0 radical (unpaired) electrons. The van der Waals surface area contributed by atoms with Crippen molar-refractivity contribution in [3.63, 3.8) is 0 Å². The van der Waals surface area contributed by atoms with Crippen LogP contribution in [0.5, 0.6) is 0 Å². The zero-order chi connectivity index (χ0) is 18.8. The van der Waals surface area contributed by atoms with Crippen molar-refractivity contribution in [2.75, 3.05) is 0 Å². The second kappa shape index (κ2) is 7.35. The van der Waals surface area contributed by atoms with Gasteiger partial charge in [0.25, 0.3) is 0 Å². The molecule has 1 amide bonds. The van der Waals surface area contributed by atoms with Gasteiger partial charge in [-0.15, -0.1) is 0 Å². The van der Waals surface area contributed by atoms with Gasteiger partial charge in [-0.2, -0.15) is 0 Å². The molecule has 138 valence electrons. The van der Waals surface area contributed by atoms with E-state index in [0.717, 1.165) is 23.0 Å². The first-order chi connectivity index (χ1) is 11.1. The number of aldehydes is 2. The summed E-state index contributed by atoms with van der Waals surface area (Å²) in [6.45, 7) is 11.7. The Morgan fingerprint density at radius 1 is 1.25 bits per heavy atom. The van der Waals surface area contributed by atoms with Gasteiger partial charge in [0.1, 0.15) is 18.1 Å². The van der Waals surface area contributed by atoms with Crippen LogP contribution >= 0.6 is 0 Å². The quantitative estimate of drug-likeness (QED) is 0.558. The molecule has 1 aliphatic rings. The predicted octanol–water partition coefficient (Wildman–Crippen LogP) is 3.31. The Labute approximate surface area is 145 Å². The van der Waals surface area contributed by atoms with Crippen molar-refractivity contribution in [1.29, 1.82) is 0 Å². The molecule has 1 fully saturated rings. The number of likely N-dealkylation sites (tertiary alicyclic amines) is 1. The highest BCUT2D eigenvalue weighted by atomic mass is 28.4. The van der Waals surface area contributed by atoms with Crippen LogP contribution in [0.25, 0.3) is 0 Å². The molecule has 0 aromatic rings. The molecule has 0 aromatic carbocycles. The summed E-state index contributed by atoms with van der Waals surface area (Å²) in [6.07, 6.45) is -0.297. The van der Waals surface area contributed by atoms with Crippen LogP contribution in [0.15, 0.2) is 0 Å². The minimum absolute atomic E-state index is 0.237. The summed E-state index contributed by atoms with van der Waals surface area (Å²) in [5, 5.41) is 9.70. The Morgan fingerprint density at radius 3 is 2.04 bits per heavy atom. The van der Waals surface area contributed by atoms with Gasteiger partial charge in [-0.25, -0.2) is 4.79 Å². The van der Waals surface area contributed by atoms with E-state index in [2.05, 4.69) is 20.8 Å². The molecule has 0 bridgehead atoms. The maximum atomic E-state index is 12.2. The van der Waals surface area contributed by atoms with Crippen LogP contribution in [-0.4, -0.2) is 54.7 Å². The number of nitrogens with zero attached hydrogens (tertiary/aromatic N) is 1. The molecule has 0 aromatic heterocycles. The minimum Gasteiger partial charge on any atom is -0.465 e. The number of carboxylic acid groups (broad SMARTS) is 1. The first-order valence-corrected chi connectivity index (χ1v) is 11.2. The average molecular weight is 358 g/mol. The Balaban J connectivity index is 3.48. The van der Waals surface area contributed by atoms with Gasteiger partial charge in [-0.3, -0.25) is 4.90 Å². The molecule has 1 heterocycles. The maximum absolute atomic E-state index is 12.2. The Hall–Kier alpha value is -1.21. The molecular formula is C17H31NO5Si. The number of rotatable bonds is 7. The summed E-state index contributed by atoms with van der Waals surface area (Å²) in [4.78, 5) is 36.6. The lowest BCUT2D eigenvalue weighted by atomic mass is 9.71. The van der Waals surface area contributed by atoms with Crippen molar-refractivity contribution >= 4 is 27.0 Å². The van der Waals surface area contributed by atoms with Crippen LogP contribution in [0.1, 0.15) is 48.0 Å². The van der Waals surface area contributed by atoms with Gasteiger partial charge in [0.2, 0.25) is 0 Å². The molecule has 1 aliphatic heterocycles. The summed E-state index contributed by atoms with van der Waals surface area (Å²) in [5.74, 6) is 0. The van der Waals surface area contributed by atoms with E-state index in [1.54, 1.807) is 0 Å². The second-order valence-electron chi connectivity index (χ2n) is 7.64. The van der Waals surface area contributed by atoms with E-state index in [0.29, 0.717) is 12.6 Å². The van der Waals surface area contributed by atoms with Crippen molar-refractivity contribution in [1.82, 2.24) is 4.90 Å². The normalized spacial score (nSPS) is 28.0. The number of hydrogen-bond donors (Lipinski definition) is 1. The highest BCUT2D eigenvalue weighted by Gasteiger charge is 2.63. The molecule has 24 heavy (non-hydrogen) atoms. The summed E-state index contributed by atoms with van der Waals surface area (Å²) in [7, 11) is -2.07. The zero-order valence-corrected chi connectivity index (χ0v) is 16.7. The van der Waals surface area contributed by atoms with E-state index in [1.165, 1.54) is 0 Å². The minimum atomic E-state index is -2.07. The topological polar surface area (TPSA) is 83.9 Å². The van der Waals surface area contributed by atoms with Gasteiger partial charge in [0.05, 0.1) is 12.1 Å². The maximum Gasteiger partial charge on any atom is 0.408 e. The van der Waals surface area contributed by atoms with Crippen molar-refractivity contribution < 1.29 is 23.9 Å². The Bertz CT molecular complexity index is 478. The lowest BCUT2D eigenvalue weighted by molar-refractivity contribution is -0.130. The van der Waals surface area contributed by atoms with Gasteiger partial charge >= 0.3 is 6.09 Å². The van der Waals surface area contributed by atoms with E-state index in [9.17, 15) is 19.5 Å². The van der Waals surface area contributed by atoms with E-state index in [1.807, 2.05) is 20.8 Å². The fourth-order valence-corrected chi connectivity index (χ4v) is 6.82. The average Bonchev–Trinajstić information content (AvgIpc) is 2.86. The summed E-state index contributed by atoms with van der Waals surface area (Å²) < 4.78 is 6.54. The van der Waals surface area contributed by atoms with Crippen LogP contribution in [0.4, 0.5) is 4.79 Å². The predicted molar refractivity (Wildman–Crippen MR) is 94.7 cm³/mol. The Kier molecular flexibility index (Phi) is 6.38. The lowest BCUT2D eigenvalue weighted by Crippen LogP contribution is -2.65. The molecule has 1 rings (SSSR count). The number of hydrogen-bond acceptors (Lipinski definition) is 4. The largest absolute Gasteiger partial charge is 0.465 e. The zero-order valence-electron chi connectivity index (χ0n) is 15.7. The third-order valence-electron chi connectivity index (χ3n) is 5.75. The standard InChI is InChI=1S/C17H31NO5Si/c1-7-24(8-2,9-3)23-14-10-13(11-19)18(15(21)22)17(14,12-20)16(4,5)6/h11-14H,7-10H2,1-6H3,(H,21,22). The Morgan fingerprint density at radius 2 is 1.75 bits per heavy atom. The lowest BCUT2D eigenvalue weighted by Gasteiger charge is -2.48. The third-order valence-corrected chi connectivity index (χ3v) is 10.4. The van der Waals surface area contributed by atoms with Gasteiger partial charge in [-0.05, 0) is 23.5 Å². The monoisotopic (exact) mass is 357 g/mol. The highest BCUT2D eigenvalue weighted by molar-refractivity contribution is 6.73. The van der Waals surface area contributed by atoms with Gasteiger partial charge < -0.3 is 19.1 Å². The number of carbonyl (C=O) groups excluding carboxylic acids is 2. The first-order valence-electron chi connectivity index (χ1n) is 8.70. The smallest absolute Gasteiger partial charge is 0.408 e. The molecule has 3 unspecified atom stereocenters. The van der Waals surface area contributed by atoms with Crippen LogP contribution in [0, 0.1) is 5.41 Å². The van der Waals surface area contributed by atoms with Crippen molar-refractivity contribution in [3.8, 4) is 0 Å². The molecular weight excluding hydrogens is 326 g/mol. The molecule has 0 aliphatic carbocycles. The van der Waals surface area contributed by atoms with E-state index in [-0.39, 0.29) is 6.42 Å². The van der Waals surface area contributed by atoms with Crippen LogP contribution in [0.2, 0.25) is 18.1 Å². The number of amides is 1. The molecule has 0 saturated carbocycles. The fourth-order valence-electron chi connectivity index (χ4n) is 3.94. The molecule has 6 nitrogen and oxygen atoms in total. The number of carbonyl (C=O) groups is 3. The van der Waals surface area contributed by atoms with Gasteiger partial charge in [0, 0.05) is 6.42 Å². The van der Waals surface area contributed by atoms with E-state index >= 15 is 0 Å². The highest BCUT2D eigenvalue weighted by Crippen LogP contribution is 2.47. The van der Waals surface area contributed by atoms with Crippen molar-refractivity contribution in [2.45, 2.75) is 83.8 Å². The molecule has 3 atom stereocenters. The molecule has 1 saturated heterocycles. The SMILES string of the molecule is CC[Si](CC)(CC)OC1CC(C=O)N(C(=O)O)C1(C=O)C(C)(C)C. The first kappa shape index (κ1) is 20.8. The van der Waals surface area contributed by atoms with Crippen LogP contribution in [-0.2, 0) is 14.0 Å². The molecule has 7 heteroatoms. The third kappa shape index (κ3) is 3.16. The van der Waals surface area contributed by atoms with Crippen LogP contribution in [0.3, 0.4) is 0 Å². The fraction of sp³-hybridized carbons (Fsp3) is 0.824.